The van der Waals surface area contributed by atoms with Crippen LogP contribution in [0.1, 0.15) is 79.2 Å². The molecular formula is C26H41NO5. The van der Waals surface area contributed by atoms with E-state index < -0.39 is 23.7 Å². The molecule has 1 amide bonds. The minimum Gasteiger partial charge on any atom is -0.461 e. The van der Waals surface area contributed by atoms with E-state index in [1.54, 1.807) is 20.8 Å². The van der Waals surface area contributed by atoms with Gasteiger partial charge in [-0.25, -0.2) is 9.59 Å². The number of carbonyl (C=O) groups is 2. The number of esters is 1. The van der Waals surface area contributed by atoms with Gasteiger partial charge in [-0.3, -0.25) is 0 Å². The van der Waals surface area contributed by atoms with Crippen LogP contribution in [0.5, 0.6) is 0 Å². The summed E-state index contributed by atoms with van der Waals surface area (Å²) < 4.78 is 17.6. The van der Waals surface area contributed by atoms with Gasteiger partial charge >= 0.3 is 12.1 Å². The fraction of sp³-hybridized carbons (Fsp3) is 0.692. The van der Waals surface area contributed by atoms with Gasteiger partial charge in [-0.2, -0.15) is 0 Å². The Balaban J connectivity index is 2.11. The van der Waals surface area contributed by atoms with Crippen molar-refractivity contribution >= 4 is 12.1 Å². The van der Waals surface area contributed by atoms with Crippen molar-refractivity contribution in [1.82, 2.24) is 5.32 Å². The Morgan fingerprint density at radius 1 is 1.19 bits per heavy atom. The van der Waals surface area contributed by atoms with Crippen molar-refractivity contribution in [3.63, 3.8) is 0 Å². The molecule has 0 radical (unpaired) electrons. The Morgan fingerprint density at radius 3 is 2.50 bits per heavy atom. The van der Waals surface area contributed by atoms with Crippen LogP contribution in [0.4, 0.5) is 4.79 Å². The fourth-order valence-electron chi connectivity index (χ4n) is 4.02. The SMILES string of the molecule is CC(C)CC[C@H]1[C@H](C)OC(=O)[C@@H](NC(=O)OC(C)(C)C)CCC[C@@H]1OCc1ccccc1. The van der Waals surface area contributed by atoms with Crippen LogP contribution in [0.2, 0.25) is 0 Å². The normalized spacial score (nSPS) is 24.8. The average Bonchev–Trinajstić information content (AvgIpc) is 2.74. The summed E-state index contributed by atoms with van der Waals surface area (Å²) in [7, 11) is 0. The van der Waals surface area contributed by atoms with Crippen LogP contribution in [-0.2, 0) is 25.6 Å². The summed E-state index contributed by atoms with van der Waals surface area (Å²) in [5, 5.41) is 2.70. The molecule has 0 aromatic heterocycles. The molecule has 1 aliphatic rings. The minimum atomic E-state index is -0.717. The highest BCUT2D eigenvalue weighted by Gasteiger charge is 2.35. The summed E-state index contributed by atoms with van der Waals surface area (Å²) in [5.41, 5.74) is 0.502. The first kappa shape index (κ1) is 26.2. The second-order valence-electron chi connectivity index (χ2n) is 10.2. The minimum absolute atomic E-state index is 0.0166. The van der Waals surface area contributed by atoms with Gasteiger partial charge in [-0.05, 0) is 64.9 Å². The highest BCUT2D eigenvalue weighted by molar-refractivity contribution is 5.81. The highest BCUT2D eigenvalue weighted by atomic mass is 16.6. The van der Waals surface area contributed by atoms with Gasteiger partial charge in [-0.15, -0.1) is 0 Å². The Hall–Kier alpha value is -2.08. The predicted octanol–water partition coefficient (Wildman–Crippen LogP) is 5.63. The molecule has 2 rings (SSSR count). The molecule has 0 bridgehead atoms. The first-order valence-electron chi connectivity index (χ1n) is 11.9. The van der Waals surface area contributed by atoms with Crippen molar-refractivity contribution in [3.8, 4) is 0 Å². The number of cyclic esters (lactones) is 1. The smallest absolute Gasteiger partial charge is 0.408 e. The zero-order valence-electron chi connectivity index (χ0n) is 20.6. The maximum atomic E-state index is 12.9. The molecule has 180 valence electrons. The lowest BCUT2D eigenvalue weighted by atomic mass is 9.86. The Labute approximate surface area is 193 Å². The molecule has 6 nitrogen and oxygen atoms in total. The van der Waals surface area contributed by atoms with Crippen molar-refractivity contribution in [1.29, 1.82) is 0 Å². The summed E-state index contributed by atoms with van der Waals surface area (Å²) in [6, 6.07) is 9.41. The molecule has 0 spiro atoms. The Kier molecular flexibility index (Phi) is 10.0. The van der Waals surface area contributed by atoms with Gasteiger partial charge in [0, 0.05) is 5.92 Å². The van der Waals surface area contributed by atoms with Crippen molar-refractivity contribution < 1.29 is 23.8 Å². The van der Waals surface area contributed by atoms with E-state index in [-0.39, 0.29) is 18.1 Å². The van der Waals surface area contributed by atoms with E-state index in [4.69, 9.17) is 14.2 Å². The summed E-state index contributed by atoms with van der Waals surface area (Å²) >= 11 is 0. The third kappa shape index (κ3) is 9.19. The topological polar surface area (TPSA) is 73.9 Å². The second-order valence-corrected chi connectivity index (χ2v) is 10.2. The van der Waals surface area contributed by atoms with Crippen molar-refractivity contribution in [3.05, 3.63) is 35.9 Å². The zero-order chi connectivity index (χ0) is 23.7. The number of nitrogens with one attached hydrogen (secondary N) is 1. The van der Waals surface area contributed by atoms with Gasteiger partial charge in [-0.1, -0.05) is 50.6 Å². The maximum Gasteiger partial charge on any atom is 0.408 e. The molecule has 1 N–H and O–H groups in total. The van der Waals surface area contributed by atoms with E-state index in [0.29, 0.717) is 18.9 Å². The number of hydrogen-bond donors (Lipinski definition) is 1. The standard InChI is InChI=1S/C26H41NO5/c1-18(2)15-16-21-19(3)31-24(28)22(27-25(29)32-26(4,5)6)13-10-14-23(21)30-17-20-11-8-7-9-12-20/h7-9,11-12,18-19,21-23H,10,13-17H2,1-6H3,(H,27,29)/t19-,21-,22-,23-/m0/s1. The third-order valence-electron chi connectivity index (χ3n) is 5.72. The molecule has 32 heavy (non-hydrogen) atoms. The van der Waals surface area contributed by atoms with E-state index in [1.165, 1.54) is 0 Å². The monoisotopic (exact) mass is 447 g/mol. The Morgan fingerprint density at radius 2 is 1.88 bits per heavy atom. The number of alkyl carbamates (subject to hydrolysis) is 1. The molecule has 1 aromatic carbocycles. The van der Waals surface area contributed by atoms with Gasteiger partial charge < -0.3 is 19.5 Å². The molecule has 1 aromatic rings. The van der Waals surface area contributed by atoms with E-state index in [9.17, 15) is 9.59 Å². The first-order valence-corrected chi connectivity index (χ1v) is 11.9. The molecule has 1 saturated heterocycles. The predicted molar refractivity (Wildman–Crippen MR) is 125 cm³/mol. The second kappa shape index (κ2) is 12.2. The van der Waals surface area contributed by atoms with E-state index >= 15 is 0 Å². The molecule has 0 aliphatic carbocycles. The molecule has 6 heteroatoms. The summed E-state index contributed by atoms with van der Waals surface area (Å²) in [6.07, 6.45) is 3.10. The van der Waals surface area contributed by atoms with Gasteiger partial charge in [0.2, 0.25) is 0 Å². The molecule has 0 saturated carbocycles. The van der Waals surface area contributed by atoms with Crippen molar-refractivity contribution in [2.75, 3.05) is 0 Å². The van der Waals surface area contributed by atoms with E-state index in [1.807, 2.05) is 25.1 Å². The van der Waals surface area contributed by atoms with Crippen LogP contribution in [0.25, 0.3) is 0 Å². The molecule has 1 aliphatic heterocycles. The van der Waals surface area contributed by atoms with Crippen LogP contribution < -0.4 is 5.32 Å². The molecule has 1 fully saturated rings. The van der Waals surface area contributed by atoms with E-state index in [2.05, 4.69) is 31.3 Å². The third-order valence-corrected chi connectivity index (χ3v) is 5.72. The summed E-state index contributed by atoms with van der Waals surface area (Å²) in [5.74, 6) is 0.258. The molecule has 0 unspecified atom stereocenters. The van der Waals surface area contributed by atoms with Gasteiger partial charge in [0.15, 0.2) is 0 Å². The van der Waals surface area contributed by atoms with Gasteiger partial charge in [0.25, 0.3) is 0 Å². The summed E-state index contributed by atoms with van der Waals surface area (Å²) in [6.45, 7) is 12.3. The van der Waals surface area contributed by atoms with E-state index in [0.717, 1.165) is 31.2 Å². The first-order chi connectivity index (χ1) is 15.0. The molecule has 4 atom stereocenters. The molecule has 1 heterocycles. The number of amides is 1. The van der Waals surface area contributed by atoms with Gasteiger partial charge in [0.1, 0.15) is 17.7 Å². The fourth-order valence-corrected chi connectivity index (χ4v) is 4.02. The number of benzene rings is 1. The number of rotatable bonds is 7. The van der Waals surface area contributed by atoms with Crippen LogP contribution in [0.15, 0.2) is 30.3 Å². The van der Waals surface area contributed by atoms with Gasteiger partial charge in [0.05, 0.1) is 12.7 Å². The quantitative estimate of drug-likeness (QED) is 0.548. The van der Waals surface area contributed by atoms with Crippen LogP contribution in [0.3, 0.4) is 0 Å². The lowest BCUT2D eigenvalue weighted by Gasteiger charge is -2.31. The number of hydrogen-bond acceptors (Lipinski definition) is 5. The highest BCUT2D eigenvalue weighted by Crippen LogP contribution is 2.29. The zero-order valence-corrected chi connectivity index (χ0v) is 20.6. The average molecular weight is 448 g/mol. The maximum absolute atomic E-state index is 12.9. The largest absolute Gasteiger partial charge is 0.461 e. The number of ether oxygens (including phenoxy) is 3. The van der Waals surface area contributed by atoms with Crippen molar-refractivity contribution in [2.24, 2.45) is 11.8 Å². The molecular weight excluding hydrogens is 406 g/mol. The van der Waals surface area contributed by atoms with Crippen LogP contribution >= 0.6 is 0 Å². The van der Waals surface area contributed by atoms with Crippen LogP contribution in [-0.4, -0.2) is 35.9 Å². The van der Waals surface area contributed by atoms with Crippen molar-refractivity contribution in [2.45, 2.75) is 104 Å². The lowest BCUT2D eigenvalue weighted by molar-refractivity contribution is -0.156. The number of carbonyl (C=O) groups excluding carboxylic acids is 2. The summed E-state index contributed by atoms with van der Waals surface area (Å²) in [4.78, 5) is 25.1. The van der Waals surface area contributed by atoms with Crippen LogP contribution in [0, 0.1) is 11.8 Å². The Bertz CT molecular complexity index is 713. The lowest BCUT2D eigenvalue weighted by Crippen LogP contribution is -2.45.